The molecule has 0 bridgehead atoms. The molecule has 0 unspecified atom stereocenters. The fraction of sp³-hybridized carbons (Fsp3) is 0.333. The van der Waals surface area contributed by atoms with E-state index in [1.54, 1.807) is 0 Å². The van der Waals surface area contributed by atoms with Gasteiger partial charge >= 0.3 is 0 Å². The van der Waals surface area contributed by atoms with Gasteiger partial charge in [0.1, 0.15) is 5.88 Å². The molecule has 1 rings (SSSR count). The molecule has 0 aliphatic rings. The molecule has 0 aliphatic heterocycles. The SMILES string of the molecule is COc1cc(NC(=O)CCl)c(C=O)c(OC)c1OC. The first-order valence-electron chi connectivity index (χ1n) is 5.26. The van der Waals surface area contributed by atoms with Gasteiger partial charge < -0.3 is 19.5 Å². The molecule has 0 fully saturated rings. The van der Waals surface area contributed by atoms with Gasteiger partial charge in [-0.15, -0.1) is 11.6 Å². The van der Waals surface area contributed by atoms with Crippen molar-refractivity contribution < 1.29 is 23.8 Å². The standard InChI is InChI=1S/C12H14ClNO5/c1-17-9-4-8(14-10(16)5-13)7(6-15)11(18-2)12(9)19-3/h4,6H,5H2,1-3H3,(H,14,16). The summed E-state index contributed by atoms with van der Waals surface area (Å²) in [6.07, 6.45) is 0.560. The van der Waals surface area contributed by atoms with Crippen molar-refractivity contribution in [1.82, 2.24) is 0 Å². The Morgan fingerprint density at radius 1 is 1.26 bits per heavy atom. The zero-order valence-corrected chi connectivity index (χ0v) is 11.5. The predicted molar refractivity (Wildman–Crippen MR) is 70.8 cm³/mol. The fourth-order valence-electron chi connectivity index (χ4n) is 1.58. The molecule has 0 aromatic heterocycles. The molecule has 1 aromatic rings. The third-order valence-corrected chi connectivity index (χ3v) is 2.62. The van der Waals surface area contributed by atoms with Crippen molar-refractivity contribution >= 4 is 29.5 Å². The van der Waals surface area contributed by atoms with E-state index in [9.17, 15) is 9.59 Å². The van der Waals surface area contributed by atoms with Crippen LogP contribution in [0.3, 0.4) is 0 Å². The van der Waals surface area contributed by atoms with Gasteiger partial charge in [0.05, 0.1) is 32.6 Å². The zero-order chi connectivity index (χ0) is 14.4. The Morgan fingerprint density at radius 2 is 1.89 bits per heavy atom. The first-order chi connectivity index (χ1) is 9.12. The highest BCUT2D eigenvalue weighted by atomic mass is 35.5. The summed E-state index contributed by atoms with van der Waals surface area (Å²) in [5.74, 6) is 0.112. The molecule has 104 valence electrons. The van der Waals surface area contributed by atoms with Gasteiger partial charge in [-0.25, -0.2) is 0 Å². The Kier molecular flexibility index (Phi) is 5.44. The van der Waals surface area contributed by atoms with Crippen LogP contribution in [-0.2, 0) is 4.79 Å². The number of hydrogen-bond acceptors (Lipinski definition) is 5. The summed E-state index contributed by atoms with van der Waals surface area (Å²) in [6, 6.07) is 1.47. The summed E-state index contributed by atoms with van der Waals surface area (Å²) in [4.78, 5) is 22.5. The van der Waals surface area contributed by atoms with Crippen molar-refractivity contribution in [3.05, 3.63) is 11.6 Å². The predicted octanol–water partition coefficient (Wildman–Crippen LogP) is 1.70. The minimum atomic E-state index is -0.445. The van der Waals surface area contributed by atoms with E-state index >= 15 is 0 Å². The van der Waals surface area contributed by atoms with E-state index < -0.39 is 5.91 Å². The van der Waals surface area contributed by atoms with Gasteiger partial charge in [0, 0.05) is 6.07 Å². The number of anilines is 1. The number of nitrogens with one attached hydrogen (secondary N) is 1. The van der Waals surface area contributed by atoms with E-state index in [4.69, 9.17) is 25.8 Å². The molecule has 6 nitrogen and oxygen atoms in total. The summed E-state index contributed by atoms with van der Waals surface area (Å²) >= 11 is 5.42. The second kappa shape index (κ2) is 6.84. The monoisotopic (exact) mass is 287 g/mol. The van der Waals surface area contributed by atoms with E-state index in [1.807, 2.05) is 0 Å². The van der Waals surface area contributed by atoms with Gasteiger partial charge in [-0.3, -0.25) is 9.59 Å². The van der Waals surface area contributed by atoms with Crippen LogP contribution in [0.25, 0.3) is 0 Å². The number of aldehydes is 1. The summed E-state index contributed by atoms with van der Waals surface area (Å²) in [6.45, 7) is 0. The maximum Gasteiger partial charge on any atom is 0.239 e. The minimum absolute atomic E-state index is 0.151. The molecular weight excluding hydrogens is 274 g/mol. The third kappa shape index (κ3) is 3.08. The lowest BCUT2D eigenvalue weighted by Crippen LogP contribution is -2.15. The maximum atomic E-state index is 11.3. The molecule has 1 amide bonds. The largest absolute Gasteiger partial charge is 0.493 e. The first-order valence-corrected chi connectivity index (χ1v) is 5.80. The minimum Gasteiger partial charge on any atom is -0.493 e. The molecule has 1 N–H and O–H groups in total. The molecule has 19 heavy (non-hydrogen) atoms. The van der Waals surface area contributed by atoms with Gasteiger partial charge in [-0.2, -0.15) is 0 Å². The number of alkyl halides is 1. The van der Waals surface area contributed by atoms with Crippen LogP contribution < -0.4 is 19.5 Å². The van der Waals surface area contributed by atoms with E-state index in [1.165, 1.54) is 27.4 Å². The van der Waals surface area contributed by atoms with E-state index in [2.05, 4.69) is 5.32 Å². The van der Waals surface area contributed by atoms with Crippen molar-refractivity contribution in [2.45, 2.75) is 0 Å². The van der Waals surface area contributed by atoms with Crippen molar-refractivity contribution in [3.63, 3.8) is 0 Å². The highest BCUT2D eigenvalue weighted by molar-refractivity contribution is 6.29. The van der Waals surface area contributed by atoms with Crippen LogP contribution in [0.1, 0.15) is 10.4 Å². The Bertz CT molecular complexity index is 489. The first kappa shape index (κ1) is 15.1. The summed E-state index contributed by atoms with van der Waals surface area (Å²) < 4.78 is 15.4. The number of rotatable bonds is 6. The van der Waals surface area contributed by atoms with E-state index in [0.29, 0.717) is 12.0 Å². The number of ether oxygens (including phenoxy) is 3. The molecule has 0 aliphatic carbocycles. The number of benzene rings is 1. The molecule has 0 heterocycles. The zero-order valence-electron chi connectivity index (χ0n) is 10.8. The van der Waals surface area contributed by atoms with E-state index in [-0.39, 0.29) is 28.6 Å². The third-order valence-electron chi connectivity index (χ3n) is 2.38. The van der Waals surface area contributed by atoms with Gasteiger partial charge in [0.25, 0.3) is 0 Å². The molecular formula is C12H14ClNO5. The second-order valence-corrected chi connectivity index (χ2v) is 3.67. The molecule has 0 saturated carbocycles. The summed E-state index contributed by atoms with van der Waals surface area (Å²) in [5, 5.41) is 2.49. The van der Waals surface area contributed by atoms with Crippen molar-refractivity contribution in [3.8, 4) is 17.2 Å². The average Bonchev–Trinajstić information content (AvgIpc) is 2.45. The lowest BCUT2D eigenvalue weighted by Gasteiger charge is -2.17. The lowest BCUT2D eigenvalue weighted by molar-refractivity contribution is -0.113. The second-order valence-electron chi connectivity index (χ2n) is 3.41. The molecule has 0 saturated heterocycles. The van der Waals surface area contributed by atoms with Crippen LogP contribution in [-0.4, -0.2) is 39.4 Å². The number of carbonyl (C=O) groups excluding carboxylic acids is 2. The van der Waals surface area contributed by atoms with Crippen LogP contribution in [0.4, 0.5) is 5.69 Å². The number of methoxy groups -OCH3 is 3. The van der Waals surface area contributed by atoms with Crippen molar-refractivity contribution in [2.75, 3.05) is 32.5 Å². The molecule has 0 radical (unpaired) electrons. The smallest absolute Gasteiger partial charge is 0.239 e. The summed E-state index contributed by atoms with van der Waals surface area (Å²) in [5.41, 5.74) is 0.397. The van der Waals surface area contributed by atoms with Crippen LogP contribution in [0.2, 0.25) is 0 Å². The number of amides is 1. The Labute approximate surface area is 115 Å². The number of hydrogen-bond donors (Lipinski definition) is 1. The van der Waals surface area contributed by atoms with E-state index in [0.717, 1.165) is 0 Å². The average molecular weight is 288 g/mol. The van der Waals surface area contributed by atoms with Crippen LogP contribution in [0.15, 0.2) is 6.07 Å². The normalized spacial score (nSPS) is 9.68. The van der Waals surface area contributed by atoms with Gasteiger partial charge in [0.2, 0.25) is 11.7 Å². The van der Waals surface area contributed by atoms with Crippen LogP contribution in [0.5, 0.6) is 17.2 Å². The molecule has 0 atom stereocenters. The topological polar surface area (TPSA) is 73.9 Å². The molecule has 1 aromatic carbocycles. The highest BCUT2D eigenvalue weighted by Gasteiger charge is 2.21. The molecule has 7 heteroatoms. The highest BCUT2D eigenvalue weighted by Crippen LogP contribution is 2.43. The lowest BCUT2D eigenvalue weighted by atomic mass is 10.1. The Morgan fingerprint density at radius 3 is 2.32 bits per heavy atom. The van der Waals surface area contributed by atoms with Gasteiger partial charge in [-0.1, -0.05) is 0 Å². The fourth-order valence-corrected chi connectivity index (χ4v) is 1.65. The summed E-state index contributed by atoms with van der Waals surface area (Å²) in [7, 11) is 4.24. The quantitative estimate of drug-likeness (QED) is 0.637. The van der Waals surface area contributed by atoms with Gasteiger partial charge in [-0.05, 0) is 0 Å². The molecule has 0 spiro atoms. The number of halogens is 1. The maximum absolute atomic E-state index is 11.3. The number of carbonyl (C=O) groups is 2. The van der Waals surface area contributed by atoms with Gasteiger partial charge in [0.15, 0.2) is 17.8 Å². The van der Waals surface area contributed by atoms with Crippen LogP contribution >= 0.6 is 11.6 Å². The Hall–Kier alpha value is -1.95. The van der Waals surface area contributed by atoms with Crippen molar-refractivity contribution in [2.24, 2.45) is 0 Å². The van der Waals surface area contributed by atoms with Crippen molar-refractivity contribution in [1.29, 1.82) is 0 Å². The van der Waals surface area contributed by atoms with Crippen LogP contribution in [0, 0.1) is 0 Å². The Balaban J connectivity index is 3.45.